The van der Waals surface area contributed by atoms with Gasteiger partial charge >= 0.3 is 5.97 Å². The topological polar surface area (TPSA) is 649 Å². The molecule has 3 saturated heterocycles. The second kappa shape index (κ2) is 49.4. The molecule has 5 aromatic rings. The normalized spacial score (nSPS) is 25.1. The fraction of sp³-hybridized carbons (Fsp3) is 0.545. The van der Waals surface area contributed by atoms with Crippen LogP contribution in [0, 0.1) is 5.92 Å². The number of nitrogens with two attached hydrogens (primary N) is 4. The summed E-state index contributed by atoms with van der Waals surface area (Å²) in [4.78, 5) is 268. The molecule has 8 rings (SSSR count). The van der Waals surface area contributed by atoms with E-state index in [1.54, 1.807) is 75.5 Å². The van der Waals surface area contributed by atoms with Gasteiger partial charge in [-0.05, 0) is 98.9 Å². The summed E-state index contributed by atoms with van der Waals surface area (Å²) >= 11 is 0.716. The number of likely N-dealkylation sites (N-methyl/N-ethyl adjacent to an activating group) is 3. The number of H-pyrrole nitrogens is 1. The molecule has 0 spiro atoms. The largest absolute Gasteiger partial charge is 0.508 e. The van der Waals surface area contributed by atoms with Crippen LogP contribution in [0.3, 0.4) is 0 Å². The van der Waals surface area contributed by atoms with E-state index in [4.69, 9.17) is 22.9 Å². The molecular weight excluding hydrogens is 1740 g/mol. The van der Waals surface area contributed by atoms with E-state index < -0.39 is 261 Å². The number of hydrogen-bond acceptors (Lipinski definition) is 24. The Morgan fingerprint density at radius 2 is 1.13 bits per heavy atom. The molecule has 5 heterocycles. The predicted molar refractivity (Wildman–Crippen MR) is 482 cm³/mol. The zero-order chi connectivity index (χ0) is 97.1. The van der Waals surface area contributed by atoms with Crippen molar-refractivity contribution in [1.82, 2.24) is 87.2 Å². The third-order valence-corrected chi connectivity index (χ3v) is 24.6. The number of aromatic nitrogens is 2. The summed E-state index contributed by atoms with van der Waals surface area (Å²) in [6, 6.07) is -3.13. The molecule has 132 heavy (non-hydrogen) atoms. The highest BCUT2D eigenvalue weighted by Crippen LogP contribution is 2.29. The smallest absolute Gasteiger partial charge is 0.323 e. The molecule has 3 aliphatic rings. The maximum Gasteiger partial charge on any atom is 0.323 e. The Kier molecular flexibility index (Phi) is 39.2. The molecule has 23 N–H and O–H groups in total. The summed E-state index contributed by atoms with van der Waals surface area (Å²) in [5.74, 6) is -19.4. The molecule has 2 aromatic heterocycles. The van der Waals surface area contributed by atoms with Gasteiger partial charge in [0.2, 0.25) is 100 Å². The monoisotopic (exact) mass is 1860 g/mol. The van der Waals surface area contributed by atoms with E-state index in [9.17, 15) is 78.0 Å². The van der Waals surface area contributed by atoms with Gasteiger partial charge < -0.3 is 131 Å². The number of aliphatic hydroxyl groups is 2. The van der Waals surface area contributed by atoms with E-state index in [-0.39, 0.29) is 89.0 Å². The van der Waals surface area contributed by atoms with E-state index in [0.717, 1.165) is 24.5 Å². The van der Waals surface area contributed by atoms with Gasteiger partial charge in [0.1, 0.15) is 96.9 Å². The molecule has 3 aliphatic heterocycles. The van der Waals surface area contributed by atoms with Gasteiger partial charge in [-0.1, -0.05) is 102 Å². The number of phenolic OH excluding ortho intramolecular Hbond substituents is 1. The third-order valence-electron chi connectivity index (χ3n) is 23.5. The first-order chi connectivity index (χ1) is 62.7. The lowest BCUT2D eigenvalue weighted by molar-refractivity contribution is -0.149. The molecule has 0 aliphatic carbocycles. The van der Waals surface area contributed by atoms with Crippen LogP contribution in [0.1, 0.15) is 128 Å². The number of phenols is 1. The Morgan fingerprint density at radius 3 is 1.77 bits per heavy atom. The molecule has 3 aromatic carbocycles. The van der Waals surface area contributed by atoms with Gasteiger partial charge in [0.05, 0.1) is 31.4 Å². The number of aliphatic carboxylic acids is 1. The number of carboxylic acids is 1. The summed E-state index contributed by atoms with van der Waals surface area (Å²) in [6.07, 6.45) is 0.598. The molecule has 0 unspecified atom stereocenters. The van der Waals surface area contributed by atoms with Crippen LogP contribution in [0.4, 0.5) is 0 Å². The molecule has 0 saturated carbocycles. The summed E-state index contributed by atoms with van der Waals surface area (Å²) < 4.78 is 1.42. The van der Waals surface area contributed by atoms with E-state index in [2.05, 4.69) is 58.2 Å². The number of hydrogen-bond donors (Lipinski definition) is 19. The summed E-state index contributed by atoms with van der Waals surface area (Å²) in [7, 11) is 3.78. The number of aromatic amines is 1. The van der Waals surface area contributed by atoms with Crippen LogP contribution in [0.2, 0.25) is 0 Å². The lowest BCUT2D eigenvalue weighted by atomic mass is 9.99. The third kappa shape index (κ3) is 28.4. The zero-order valence-corrected chi connectivity index (χ0v) is 76.1. The van der Waals surface area contributed by atoms with Crippen LogP contribution < -0.4 is 76.1 Å². The van der Waals surface area contributed by atoms with Crippen LogP contribution in [0.25, 0.3) is 21.8 Å². The number of thioether (sulfide) groups is 1. The van der Waals surface area contributed by atoms with Gasteiger partial charge in [-0.25, -0.2) is 0 Å². The SMILES string of the molecule is CCCC[C@H]1C(=O)N(C)[C@@H](CCCC)C(=O)N[C@@H](CO)C(=O)N[C@H](C(=O)NCC(N)=O)CSCC(=O)N[C@@H](Cc2ccc(O)cc2)C(=O)N(C)[C@@H](C)C(=O)N[C@H](CC(N)=O)C(=O)N2CCC[C@H]2C(=O)N[C@@H](CN)C(=O)N[C@@H](CC(C)C)C(=O)N2C[C@H](O)C[C@H]2C(=O)N[C@@H](Cc2c[nH]c3ccccc23)C(=O)N[C@@H](CCN)C(=O)N[C@@H](Cc2cn(CC(=O)O)c3ccccc23)C(=O)N1C. The van der Waals surface area contributed by atoms with Gasteiger partial charge in [0.25, 0.3) is 0 Å². The Hall–Kier alpha value is -12.8. The molecule has 0 bridgehead atoms. The molecule has 720 valence electrons. The highest BCUT2D eigenvalue weighted by atomic mass is 32.2. The average molecular weight is 1860 g/mol. The predicted octanol–water partition coefficient (Wildman–Crippen LogP) is -4.29. The zero-order valence-electron chi connectivity index (χ0n) is 75.3. The lowest BCUT2D eigenvalue weighted by Crippen LogP contribution is -2.62. The van der Waals surface area contributed by atoms with Gasteiger partial charge in [-0.3, -0.25) is 86.3 Å². The fourth-order valence-electron chi connectivity index (χ4n) is 16.3. The lowest BCUT2D eigenvalue weighted by Gasteiger charge is -2.36. The first kappa shape index (κ1) is 105. The van der Waals surface area contributed by atoms with Crippen molar-refractivity contribution in [2.45, 2.75) is 228 Å². The number of rotatable bonds is 25. The highest BCUT2D eigenvalue weighted by molar-refractivity contribution is 8.00. The van der Waals surface area contributed by atoms with Gasteiger partial charge in [-0.15, -0.1) is 11.8 Å². The number of primary amides is 2. The van der Waals surface area contributed by atoms with E-state index in [1.807, 2.05) is 6.92 Å². The number of aromatic hydroxyl groups is 1. The van der Waals surface area contributed by atoms with Crippen LogP contribution in [-0.2, 0) is 112 Å². The Balaban J connectivity index is 1.19. The molecule has 15 atom stereocenters. The molecule has 3 fully saturated rings. The minimum atomic E-state index is -1.89. The van der Waals surface area contributed by atoms with Crippen molar-refractivity contribution in [3.05, 3.63) is 102 Å². The number of unbranched alkanes of at least 4 members (excludes halogenated alkanes) is 2. The molecule has 43 nitrogen and oxygen atoms in total. The van der Waals surface area contributed by atoms with Gasteiger partial charge in [-0.2, -0.15) is 0 Å². The van der Waals surface area contributed by atoms with Crippen molar-refractivity contribution in [3.8, 4) is 5.75 Å². The second-order valence-electron chi connectivity index (χ2n) is 33.9. The van der Waals surface area contributed by atoms with Crippen molar-refractivity contribution in [1.29, 1.82) is 0 Å². The van der Waals surface area contributed by atoms with Crippen molar-refractivity contribution >= 4 is 140 Å². The fourth-order valence-corrected chi connectivity index (χ4v) is 17.2. The number of benzene rings is 3. The van der Waals surface area contributed by atoms with Crippen molar-refractivity contribution < 1.29 is 107 Å². The van der Waals surface area contributed by atoms with Crippen LogP contribution in [0.15, 0.2) is 85.2 Å². The summed E-state index contributed by atoms with van der Waals surface area (Å²) in [6.45, 7) is 4.44. The number of nitrogens with zero attached hydrogens (tertiary/aromatic N) is 6. The molecule has 44 heteroatoms. The Morgan fingerprint density at radius 1 is 0.568 bits per heavy atom. The van der Waals surface area contributed by atoms with E-state index in [0.29, 0.717) is 63.1 Å². The van der Waals surface area contributed by atoms with Gasteiger partial charge in [0, 0.05) is 106 Å². The van der Waals surface area contributed by atoms with Crippen LogP contribution >= 0.6 is 11.8 Å². The number of carbonyl (C=O) groups is 18. The Labute approximate surface area is 766 Å². The van der Waals surface area contributed by atoms with E-state index >= 15 is 28.8 Å². The standard InChI is InChI=1S/C88H125N21O22S/c1-9-11-21-67-81(124)102-64(44-110)80(123)103-65(76(119)94-40-72(92)114)45-132-46-73(115)95-60(33-49-25-27-52(111)28-26-49)84(127)104(6)48(5)75(118)98-62(37-71(91)113)86(129)108-31-17-24-68(108)82(125)101-63(38-90)79(122)99-59(32-47(3)4)87(130)109-42-53(112)36-70(109)83(126)97-58(34-50-39-93-56-20-15-13-18-54(50)56)78(121)96-57(29-30-89)77(120)100-61(85(128)106(8)69(22-12-10-2)88(131)105(67)7)35-51-41-107(43-74(116)117)66-23-16-14-19-55(51)66/h13-16,18-20,23,25-28,39,41,47-48,53,57-65,67-70,93,110-112H,9-12,17,21-22,24,29-38,40,42-46,89-90H2,1-8H3,(H2,91,113)(H2,92,114)(H,94,119)(H,95,115)(H,96,121)(H,97,126)(H,98,118)(H,99,122)(H,100,120)(H,101,125)(H,102,124)(H,103,123)(H,116,117)/t48-,53+,57-,58-,59-,60-,61-,62+,63-,64-,65-,67-,68-,69-,70-/m0/s1. The maximum absolute atomic E-state index is 15.9. The van der Waals surface area contributed by atoms with Crippen molar-refractivity contribution in [2.24, 2.45) is 28.9 Å². The Bertz CT molecular complexity index is 4990. The summed E-state index contributed by atoms with van der Waals surface area (Å²) in [5.41, 5.74) is 25.7. The summed E-state index contributed by atoms with van der Waals surface area (Å²) in [5, 5.41) is 69.4. The number of para-hydroxylation sites is 2. The quantitative estimate of drug-likeness (QED) is 0.0263. The minimum absolute atomic E-state index is 0.0244. The minimum Gasteiger partial charge on any atom is -0.508 e. The number of carbonyl (C=O) groups excluding carboxylic acids is 17. The first-order valence-corrected chi connectivity index (χ1v) is 45.2. The highest BCUT2D eigenvalue weighted by Gasteiger charge is 2.47. The number of aliphatic hydroxyl groups excluding tert-OH is 2. The van der Waals surface area contributed by atoms with Crippen molar-refractivity contribution in [2.75, 3.05) is 72.0 Å². The second-order valence-corrected chi connectivity index (χ2v) is 34.9. The molecule has 0 radical (unpaired) electrons. The van der Waals surface area contributed by atoms with Gasteiger partial charge in [0.15, 0.2) is 0 Å². The molecular formula is C88H125N21O22S. The van der Waals surface area contributed by atoms with E-state index in [1.165, 1.54) is 63.1 Å². The number of fused-ring (bicyclic) bond motifs is 4. The first-order valence-electron chi connectivity index (χ1n) is 44.1. The number of nitrogens with one attached hydrogen (secondary N) is 11. The van der Waals surface area contributed by atoms with Crippen LogP contribution in [0.5, 0.6) is 5.75 Å². The molecule has 17 amide bonds. The average Bonchev–Trinajstić information content (AvgIpc) is 1.44. The maximum atomic E-state index is 15.9. The van der Waals surface area contributed by atoms with Crippen LogP contribution in [-0.4, -0.2) is 324 Å². The number of amides is 17. The van der Waals surface area contributed by atoms with Crippen molar-refractivity contribution in [3.63, 3.8) is 0 Å². The number of carboxylic acid groups (broad SMARTS) is 1.